The molecule has 3 nitrogen and oxygen atoms in total. The highest BCUT2D eigenvalue weighted by molar-refractivity contribution is 5.47. The molecule has 1 amide bonds. The first-order valence-corrected chi connectivity index (χ1v) is 6.30. The Labute approximate surface area is 91.4 Å². The van der Waals surface area contributed by atoms with Crippen LogP contribution in [0.4, 0.5) is 0 Å². The molecule has 2 saturated carbocycles. The molecule has 1 heterocycles. The summed E-state index contributed by atoms with van der Waals surface area (Å²) in [7, 11) is 0. The molecular formula is C12H20N2O. The van der Waals surface area contributed by atoms with Crippen LogP contribution >= 0.6 is 0 Å². The summed E-state index contributed by atoms with van der Waals surface area (Å²) in [6, 6.07) is 0.859. The number of carbonyl (C=O) groups is 1. The molecule has 1 saturated heterocycles. The Morgan fingerprint density at radius 2 is 1.80 bits per heavy atom. The molecule has 3 atom stereocenters. The van der Waals surface area contributed by atoms with E-state index in [1.165, 1.54) is 25.7 Å². The van der Waals surface area contributed by atoms with Crippen molar-refractivity contribution in [2.75, 3.05) is 26.2 Å². The monoisotopic (exact) mass is 208 g/mol. The fraction of sp³-hybridized carbons (Fsp3) is 0.917. The molecule has 15 heavy (non-hydrogen) atoms. The van der Waals surface area contributed by atoms with Crippen LogP contribution in [0.1, 0.15) is 25.7 Å². The van der Waals surface area contributed by atoms with Crippen LogP contribution in [-0.4, -0.2) is 48.4 Å². The van der Waals surface area contributed by atoms with Crippen molar-refractivity contribution in [3.8, 4) is 0 Å². The van der Waals surface area contributed by atoms with Gasteiger partial charge in [0.05, 0.1) is 0 Å². The van der Waals surface area contributed by atoms with Crippen LogP contribution in [0.25, 0.3) is 0 Å². The molecule has 3 heteroatoms. The van der Waals surface area contributed by atoms with Gasteiger partial charge in [0.2, 0.25) is 6.41 Å². The normalized spacial score (nSPS) is 41.1. The molecule has 0 spiro atoms. The number of hydrogen-bond donors (Lipinski definition) is 0. The third-order valence-electron chi connectivity index (χ3n) is 4.67. The van der Waals surface area contributed by atoms with Gasteiger partial charge in [0, 0.05) is 32.2 Å². The summed E-state index contributed by atoms with van der Waals surface area (Å²) in [6.07, 6.45) is 6.86. The molecule has 2 aliphatic carbocycles. The van der Waals surface area contributed by atoms with E-state index in [1.807, 2.05) is 4.90 Å². The van der Waals surface area contributed by atoms with Crippen LogP contribution in [0.3, 0.4) is 0 Å². The van der Waals surface area contributed by atoms with E-state index in [0.717, 1.165) is 50.5 Å². The predicted molar refractivity (Wildman–Crippen MR) is 58.4 cm³/mol. The minimum absolute atomic E-state index is 0.859. The van der Waals surface area contributed by atoms with Crippen molar-refractivity contribution in [2.24, 2.45) is 11.8 Å². The topological polar surface area (TPSA) is 23.6 Å². The molecule has 2 bridgehead atoms. The number of fused-ring (bicyclic) bond motifs is 2. The van der Waals surface area contributed by atoms with E-state index < -0.39 is 0 Å². The summed E-state index contributed by atoms with van der Waals surface area (Å²) in [6.45, 7) is 4.09. The van der Waals surface area contributed by atoms with E-state index in [9.17, 15) is 4.79 Å². The van der Waals surface area contributed by atoms with Crippen molar-refractivity contribution in [1.82, 2.24) is 9.80 Å². The first-order chi connectivity index (χ1) is 7.36. The molecule has 0 aromatic heterocycles. The minimum Gasteiger partial charge on any atom is -0.343 e. The minimum atomic E-state index is 0.859. The SMILES string of the molecule is O=CN1CCN(C2CC3CCC2C3)CC1. The van der Waals surface area contributed by atoms with Gasteiger partial charge in [-0.25, -0.2) is 0 Å². The summed E-state index contributed by atoms with van der Waals surface area (Å²) in [5.74, 6) is 2.02. The van der Waals surface area contributed by atoms with Gasteiger partial charge in [-0.05, 0) is 31.1 Å². The van der Waals surface area contributed by atoms with Crippen molar-refractivity contribution < 1.29 is 4.79 Å². The number of piperazine rings is 1. The Balaban J connectivity index is 1.58. The Morgan fingerprint density at radius 3 is 2.33 bits per heavy atom. The second-order valence-electron chi connectivity index (χ2n) is 5.42. The predicted octanol–water partition coefficient (Wildman–Crippen LogP) is 0.949. The average Bonchev–Trinajstić information content (AvgIpc) is 2.91. The lowest BCUT2D eigenvalue weighted by Crippen LogP contribution is -2.51. The van der Waals surface area contributed by atoms with Gasteiger partial charge in [-0.1, -0.05) is 6.42 Å². The maximum atomic E-state index is 10.6. The number of rotatable bonds is 2. The molecule has 84 valence electrons. The van der Waals surface area contributed by atoms with Crippen LogP contribution in [0.15, 0.2) is 0 Å². The summed E-state index contributed by atoms with van der Waals surface area (Å²) in [5.41, 5.74) is 0. The highest BCUT2D eigenvalue weighted by Gasteiger charge is 2.42. The van der Waals surface area contributed by atoms with Crippen LogP contribution in [0.2, 0.25) is 0 Å². The molecule has 1 aliphatic heterocycles. The van der Waals surface area contributed by atoms with Gasteiger partial charge < -0.3 is 4.90 Å². The van der Waals surface area contributed by atoms with E-state index in [4.69, 9.17) is 0 Å². The van der Waals surface area contributed by atoms with Crippen LogP contribution in [0.5, 0.6) is 0 Å². The number of hydrogen-bond acceptors (Lipinski definition) is 2. The Kier molecular flexibility index (Phi) is 2.43. The van der Waals surface area contributed by atoms with Crippen molar-refractivity contribution in [3.63, 3.8) is 0 Å². The molecule has 3 unspecified atom stereocenters. The summed E-state index contributed by atoms with van der Waals surface area (Å²) < 4.78 is 0. The van der Waals surface area contributed by atoms with Crippen molar-refractivity contribution in [3.05, 3.63) is 0 Å². The van der Waals surface area contributed by atoms with E-state index in [0.29, 0.717) is 0 Å². The average molecular weight is 208 g/mol. The van der Waals surface area contributed by atoms with Gasteiger partial charge in [-0.3, -0.25) is 9.69 Å². The molecular weight excluding hydrogens is 188 g/mol. The highest BCUT2D eigenvalue weighted by atomic mass is 16.1. The van der Waals surface area contributed by atoms with Crippen molar-refractivity contribution >= 4 is 6.41 Å². The zero-order valence-corrected chi connectivity index (χ0v) is 9.27. The fourth-order valence-corrected chi connectivity index (χ4v) is 3.83. The smallest absolute Gasteiger partial charge is 0.209 e. The lowest BCUT2D eigenvalue weighted by molar-refractivity contribution is -0.120. The molecule has 0 N–H and O–H groups in total. The van der Waals surface area contributed by atoms with Gasteiger partial charge in [0.1, 0.15) is 0 Å². The molecule has 0 aromatic carbocycles. The van der Waals surface area contributed by atoms with Crippen LogP contribution in [-0.2, 0) is 4.79 Å². The Bertz CT molecular complexity index is 248. The largest absolute Gasteiger partial charge is 0.343 e. The van der Waals surface area contributed by atoms with E-state index in [2.05, 4.69) is 4.90 Å². The summed E-state index contributed by atoms with van der Waals surface area (Å²) in [5, 5.41) is 0. The van der Waals surface area contributed by atoms with Crippen LogP contribution in [0, 0.1) is 11.8 Å². The number of nitrogens with zero attached hydrogens (tertiary/aromatic N) is 2. The lowest BCUT2D eigenvalue weighted by Gasteiger charge is -2.39. The Morgan fingerprint density at radius 1 is 1.00 bits per heavy atom. The lowest BCUT2D eigenvalue weighted by atomic mass is 9.93. The van der Waals surface area contributed by atoms with Gasteiger partial charge in [0.15, 0.2) is 0 Å². The number of amides is 1. The van der Waals surface area contributed by atoms with E-state index in [-0.39, 0.29) is 0 Å². The summed E-state index contributed by atoms with van der Waals surface area (Å²) >= 11 is 0. The Hall–Kier alpha value is -0.570. The molecule has 3 rings (SSSR count). The maximum absolute atomic E-state index is 10.6. The third-order valence-corrected chi connectivity index (χ3v) is 4.67. The number of carbonyl (C=O) groups excluding carboxylic acids is 1. The van der Waals surface area contributed by atoms with Crippen LogP contribution < -0.4 is 0 Å². The third kappa shape index (κ3) is 1.67. The van der Waals surface area contributed by atoms with E-state index >= 15 is 0 Å². The highest BCUT2D eigenvalue weighted by Crippen LogP contribution is 2.46. The van der Waals surface area contributed by atoms with E-state index in [1.54, 1.807) is 0 Å². The van der Waals surface area contributed by atoms with Gasteiger partial charge in [-0.2, -0.15) is 0 Å². The summed E-state index contributed by atoms with van der Waals surface area (Å²) in [4.78, 5) is 15.2. The molecule has 3 aliphatic rings. The zero-order valence-electron chi connectivity index (χ0n) is 9.27. The molecule has 3 fully saturated rings. The standard InChI is InChI=1S/C12H20N2O/c15-9-13-3-5-14(6-4-13)12-8-10-1-2-11(12)7-10/h9-12H,1-8H2. The zero-order chi connectivity index (χ0) is 10.3. The quantitative estimate of drug-likeness (QED) is 0.631. The van der Waals surface area contributed by atoms with Crippen molar-refractivity contribution in [1.29, 1.82) is 0 Å². The second kappa shape index (κ2) is 3.78. The van der Waals surface area contributed by atoms with Crippen molar-refractivity contribution in [2.45, 2.75) is 31.7 Å². The van der Waals surface area contributed by atoms with Gasteiger partial charge in [-0.15, -0.1) is 0 Å². The molecule has 0 aromatic rings. The first kappa shape index (κ1) is 9.64. The fourth-order valence-electron chi connectivity index (χ4n) is 3.83. The molecule has 0 radical (unpaired) electrons. The first-order valence-electron chi connectivity index (χ1n) is 6.30. The second-order valence-corrected chi connectivity index (χ2v) is 5.42. The van der Waals surface area contributed by atoms with Gasteiger partial charge >= 0.3 is 0 Å². The maximum Gasteiger partial charge on any atom is 0.209 e. The van der Waals surface area contributed by atoms with Gasteiger partial charge in [0.25, 0.3) is 0 Å².